The normalized spacial score (nSPS) is 22.5. The van der Waals surface area contributed by atoms with Crippen molar-refractivity contribution in [3.05, 3.63) is 18.2 Å². The second-order valence-corrected chi connectivity index (χ2v) is 8.37. The molecule has 0 saturated carbocycles. The molecule has 2 fully saturated rings. The fraction of sp³-hybridized carbons (Fsp3) is 0.650. The summed E-state index contributed by atoms with van der Waals surface area (Å²) < 4.78 is 28.9. The van der Waals surface area contributed by atoms with Crippen molar-refractivity contribution in [3.8, 4) is 17.6 Å². The first-order valence-corrected chi connectivity index (χ1v) is 9.58. The van der Waals surface area contributed by atoms with Crippen molar-refractivity contribution in [2.75, 3.05) is 26.4 Å². The van der Waals surface area contributed by atoms with Gasteiger partial charge in [0.25, 0.3) is 0 Å². The van der Waals surface area contributed by atoms with Gasteiger partial charge in [0, 0.05) is 26.1 Å². The van der Waals surface area contributed by atoms with E-state index in [1.807, 2.05) is 39.8 Å². The summed E-state index contributed by atoms with van der Waals surface area (Å²) in [5, 5.41) is 19.5. The van der Waals surface area contributed by atoms with Crippen LogP contribution in [0, 0.1) is 11.3 Å². The number of ether oxygens (including phenoxy) is 3. The van der Waals surface area contributed by atoms with E-state index in [2.05, 4.69) is 0 Å². The third kappa shape index (κ3) is 4.44. The van der Waals surface area contributed by atoms with Crippen LogP contribution in [0.25, 0.3) is 0 Å². The molecule has 2 aliphatic rings. The van der Waals surface area contributed by atoms with Gasteiger partial charge in [-0.2, -0.15) is 5.26 Å². The maximum absolute atomic E-state index is 10.6. The molecule has 1 N–H and O–H groups in total. The Hall–Kier alpha value is -1.79. The molecule has 0 bridgehead atoms. The zero-order chi connectivity index (χ0) is 20.4. The highest BCUT2D eigenvalue weighted by Gasteiger charge is 2.51. The predicted molar refractivity (Wildman–Crippen MR) is 104 cm³/mol. The zero-order valence-electron chi connectivity index (χ0n) is 17.0. The topological polar surface area (TPSA) is 90.2 Å². The molecular formula is C20H28BNO6. The summed E-state index contributed by atoms with van der Waals surface area (Å²) in [5.74, 6) is 0.889. The Balaban J connectivity index is 1.77. The number of nitriles is 1. The number of hydrogen-bond acceptors (Lipinski definition) is 7. The maximum Gasteiger partial charge on any atom is 0.494 e. The molecule has 2 aliphatic heterocycles. The van der Waals surface area contributed by atoms with Gasteiger partial charge in [-0.1, -0.05) is 6.07 Å². The molecule has 152 valence electrons. The first kappa shape index (κ1) is 20.9. The van der Waals surface area contributed by atoms with Gasteiger partial charge in [0.2, 0.25) is 0 Å². The van der Waals surface area contributed by atoms with Crippen LogP contribution in [0.3, 0.4) is 0 Å². The quantitative estimate of drug-likeness (QED) is 0.742. The van der Waals surface area contributed by atoms with Crippen LogP contribution >= 0.6 is 0 Å². The lowest BCUT2D eigenvalue weighted by atomic mass is 9.79. The van der Waals surface area contributed by atoms with Crippen LogP contribution in [-0.4, -0.2) is 55.5 Å². The fourth-order valence-electron chi connectivity index (χ4n) is 3.10. The van der Waals surface area contributed by atoms with E-state index in [-0.39, 0.29) is 13.2 Å². The molecule has 8 heteroatoms. The summed E-state index contributed by atoms with van der Waals surface area (Å²) in [6, 6.07) is 7.34. The summed E-state index contributed by atoms with van der Waals surface area (Å²) in [5.41, 5.74) is -1.04. The Kier molecular flexibility index (Phi) is 5.92. The number of benzene rings is 1. The smallest absolute Gasteiger partial charge is 0.487 e. The SMILES string of the molecule is CC1(C)OB(c2ccc(OCC3(O)CCOCC3)c(OCC#N)c2)OC1(C)C. The molecule has 28 heavy (non-hydrogen) atoms. The first-order valence-electron chi connectivity index (χ1n) is 9.58. The van der Waals surface area contributed by atoms with Crippen LogP contribution in [0.1, 0.15) is 40.5 Å². The second kappa shape index (κ2) is 7.92. The molecular weight excluding hydrogens is 361 g/mol. The Morgan fingerprint density at radius 3 is 2.32 bits per heavy atom. The van der Waals surface area contributed by atoms with Crippen molar-refractivity contribution in [3.63, 3.8) is 0 Å². The van der Waals surface area contributed by atoms with Gasteiger partial charge < -0.3 is 28.6 Å². The molecule has 0 aromatic heterocycles. The number of hydrogen-bond donors (Lipinski definition) is 1. The van der Waals surface area contributed by atoms with Crippen molar-refractivity contribution < 1.29 is 28.6 Å². The fourth-order valence-corrected chi connectivity index (χ4v) is 3.10. The van der Waals surface area contributed by atoms with Crippen molar-refractivity contribution in [1.82, 2.24) is 0 Å². The highest BCUT2D eigenvalue weighted by molar-refractivity contribution is 6.62. The molecule has 2 heterocycles. The van der Waals surface area contributed by atoms with Crippen LogP contribution in [0.2, 0.25) is 0 Å². The van der Waals surface area contributed by atoms with E-state index in [4.69, 9.17) is 28.8 Å². The number of aliphatic hydroxyl groups is 1. The van der Waals surface area contributed by atoms with E-state index in [0.717, 1.165) is 5.46 Å². The van der Waals surface area contributed by atoms with Gasteiger partial charge in [-0.05, 0) is 45.3 Å². The molecule has 0 radical (unpaired) electrons. The third-order valence-corrected chi connectivity index (χ3v) is 5.71. The minimum atomic E-state index is -0.921. The van der Waals surface area contributed by atoms with Gasteiger partial charge in [0.1, 0.15) is 18.3 Å². The van der Waals surface area contributed by atoms with Crippen LogP contribution in [-0.2, 0) is 14.0 Å². The van der Waals surface area contributed by atoms with E-state index in [1.54, 1.807) is 12.1 Å². The van der Waals surface area contributed by atoms with E-state index >= 15 is 0 Å². The molecule has 0 unspecified atom stereocenters. The summed E-state index contributed by atoms with van der Waals surface area (Å²) >= 11 is 0. The molecule has 1 aromatic carbocycles. The average molecular weight is 389 g/mol. The molecule has 1 aromatic rings. The Bertz CT molecular complexity index is 723. The standard InChI is InChI=1S/C20H28BNO6/c1-18(2)19(3,4)28-21(27-18)15-5-6-16(17(13-15)25-12-9-22)26-14-20(23)7-10-24-11-8-20/h5-6,13,23H,7-8,10-12,14H2,1-4H3. The highest BCUT2D eigenvalue weighted by Crippen LogP contribution is 2.37. The van der Waals surface area contributed by atoms with Gasteiger partial charge in [0.15, 0.2) is 18.1 Å². The molecule has 0 atom stereocenters. The zero-order valence-corrected chi connectivity index (χ0v) is 17.0. The summed E-state index contributed by atoms with van der Waals surface area (Å²) in [6.45, 7) is 9.02. The van der Waals surface area contributed by atoms with Gasteiger partial charge in [0.05, 0.1) is 11.2 Å². The van der Waals surface area contributed by atoms with Gasteiger partial charge in [-0.25, -0.2) is 0 Å². The Morgan fingerprint density at radius 2 is 1.71 bits per heavy atom. The van der Waals surface area contributed by atoms with Crippen molar-refractivity contribution >= 4 is 12.6 Å². The minimum absolute atomic E-state index is 0.110. The van der Waals surface area contributed by atoms with E-state index in [0.29, 0.717) is 37.6 Å². The lowest BCUT2D eigenvalue weighted by Gasteiger charge is -2.32. The average Bonchev–Trinajstić information content (AvgIpc) is 2.86. The molecule has 0 aliphatic carbocycles. The molecule has 0 spiro atoms. The maximum atomic E-state index is 10.6. The van der Waals surface area contributed by atoms with E-state index in [9.17, 15) is 5.11 Å². The van der Waals surface area contributed by atoms with Crippen LogP contribution < -0.4 is 14.9 Å². The summed E-state index contributed by atoms with van der Waals surface area (Å²) in [4.78, 5) is 0. The van der Waals surface area contributed by atoms with Crippen LogP contribution in [0.4, 0.5) is 0 Å². The van der Waals surface area contributed by atoms with Crippen molar-refractivity contribution in [2.24, 2.45) is 0 Å². The van der Waals surface area contributed by atoms with E-state index in [1.165, 1.54) is 0 Å². The highest BCUT2D eigenvalue weighted by atomic mass is 16.7. The molecule has 0 amide bonds. The van der Waals surface area contributed by atoms with Gasteiger partial charge in [-0.15, -0.1) is 0 Å². The predicted octanol–water partition coefficient (Wildman–Crippen LogP) is 1.81. The van der Waals surface area contributed by atoms with Crippen LogP contribution in [0.5, 0.6) is 11.5 Å². The minimum Gasteiger partial charge on any atom is -0.487 e. The van der Waals surface area contributed by atoms with Gasteiger partial charge in [-0.3, -0.25) is 0 Å². The summed E-state index contributed by atoms with van der Waals surface area (Å²) in [7, 11) is -0.539. The van der Waals surface area contributed by atoms with E-state index < -0.39 is 23.9 Å². The number of rotatable bonds is 6. The second-order valence-electron chi connectivity index (χ2n) is 8.37. The summed E-state index contributed by atoms with van der Waals surface area (Å²) in [6.07, 6.45) is 1.04. The lowest BCUT2D eigenvalue weighted by Crippen LogP contribution is -2.41. The Morgan fingerprint density at radius 1 is 1.07 bits per heavy atom. The molecule has 7 nitrogen and oxygen atoms in total. The van der Waals surface area contributed by atoms with Gasteiger partial charge >= 0.3 is 7.12 Å². The number of nitrogens with zero attached hydrogens (tertiary/aromatic N) is 1. The van der Waals surface area contributed by atoms with Crippen molar-refractivity contribution in [1.29, 1.82) is 5.26 Å². The van der Waals surface area contributed by atoms with Crippen LogP contribution in [0.15, 0.2) is 18.2 Å². The molecule has 3 rings (SSSR count). The monoisotopic (exact) mass is 389 g/mol. The third-order valence-electron chi connectivity index (χ3n) is 5.71. The first-order chi connectivity index (χ1) is 13.2. The Labute approximate surface area is 166 Å². The molecule has 2 saturated heterocycles. The largest absolute Gasteiger partial charge is 0.494 e. The lowest BCUT2D eigenvalue weighted by molar-refractivity contribution is -0.0858. The van der Waals surface area contributed by atoms with Crippen molar-refractivity contribution in [2.45, 2.75) is 57.3 Å².